The summed E-state index contributed by atoms with van der Waals surface area (Å²) in [6.45, 7) is 11.8. The van der Waals surface area contributed by atoms with E-state index in [1.807, 2.05) is 69.3 Å². The minimum absolute atomic E-state index is 0.0334. The van der Waals surface area contributed by atoms with Crippen molar-refractivity contribution in [2.75, 3.05) is 34.5 Å². The number of carbonyl (C=O) groups excluding carboxylic acids is 4. The average Bonchev–Trinajstić information content (AvgIpc) is 3.30. The van der Waals surface area contributed by atoms with E-state index in [0.29, 0.717) is 50.7 Å². The van der Waals surface area contributed by atoms with Gasteiger partial charge in [-0.25, -0.2) is 4.79 Å². The molecule has 0 radical (unpaired) electrons. The van der Waals surface area contributed by atoms with Crippen molar-refractivity contribution in [3.8, 4) is 0 Å². The van der Waals surface area contributed by atoms with Gasteiger partial charge in [-0.15, -0.1) is 0 Å². The summed E-state index contributed by atoms with van der Waals surface area (Å²) in [6.07, 6.45) is 8.92. The Labute approximate surface area is 387 Å². The molecule has 1 saturated carbocycles. The van der Waals surface area contributed by atoms with Crippen LogP contribution in [0.3, 0.4) is 0 Å². The Bertz CT molecular complexity index is 1830. The Morgan fingerprint density at radius 3 is 2.26 bits per heavy atom. The van der Waals surface area contributed by atoms with Crippen LogP contribution in [0.25, 0.3) is 6.08 Å². The van der Waals surface area contributed by atoms with Crippen molar-refractivity contribution in [1.29, 1.82) is 0 Å². The van der Waals surface area contributed by atoms with Gasteiger partial charge in [0.25, 0.3) is 11.7 Å². The highest BCUT2D eigenvalue weighted by molar-refractivity contribution is 6.39. The fourth-order valence-corrected chi connectivity index (χ4v) is 10.5. The van der Waals surface area contributed by atoms with E-state index in [4.69, 9.17) is 28.4 Å². The number of piperidine rings is 1. The summed E-state index contributed by atoms with van der Waals surface area (Å²) in [5.74, 6) is -7.43. The number of allylic oxidation sites excluding steroid dienone is 3. The second-order valence-electron chi connectivity index (χ2n) is 19.3. The zero-order valence-corrected chi connectivity index (χ0v) is 40.3. The van der Waals surface area contributed by atoms with Gasteiger partial charge in [-0.2, -0.15) is 0 Å². The Kier molecular flexibility index (Phi) is 19.7. The van der Waals surface area contributed by atoms with Gasteiger partial charge >= 0.3 is 5.97 Å². The Morgan fingerprint density at radius 1 is 0.892 bits per heavy atom. The predicted molar refractivity (Wildman–Crippen MR) is 247 cm³/mol. The van der Waals surface area contributed by atoms with E-state index >= 15 is 0 Å². The Morgan fingerprint density at radius 2 is 1.58 bits per heavy atom. The zero-order chi connectivity index (χ0) is 47.4. The van der Waals surface area contributed by atoms with Gasteiger partial charge in [0.05, 0.1) is 37.1 Å². The molecule has 14 atom stereocenters. The first kappa shape index (κ1) is 52.4. The zero-order valence-electron chi connectivity index (χ0n) is 40.3. The largest absolute Gasteiger partial charge is 0.456 e. The standard InChI is InChI=1S/C52H77NO12/c1-10-39-26-32(2)25-33(3)27-45(61-8)48-46(62-9)29-35(5)52(59,65-48)49(56)50(57)53-23-15-14-20-40(53)51(58)64-47(36(6)41(54)31-42(39)55)34(4)28-38-21-22-43(44(30-38)60-7)63-24-16-19-37-17-12-11-13-18-37/h11-13,16-19,26,28,33,35-36,38-41,43-48,54,59H,10,14-15,20-25,27,29-31H2,1-9H3/b19-16?,32-26+,34-28?. The van der Waals surface area contributed by atoms with Crippen molar-refractivity contribution in [3.05, 3.63) is 65.3 Å². The molecule has 3 fully saturated rings. The summed E-state index contributed by atoms with van der Waals surface area (Å²) in [5.41, 5.74) is 2.80. The average molecular weight is 908 g/mol. The lowest BCUT2D eigenvalue weighted by atomic mass is 9.81. The first-order valence-corrected chi connectivity index (χ1v) is 24.0. The van der Waals surface area contributed by atoms with Crippen molar-refractivity contribution in [2.45, 2.75) is 167 Å². The van der Waals surface area contributed by atoms with Crippen molar-refractivity contribution >= 4 is 29.5 Å². The van der Waals surface area contributed by atoms with Gasteiger partial charge in [0.1, 0.15) is 24.0 Å². The molecule has 2 N–H and O–H groups in total. The molecule has 3 aliphatic heterocycles. The van der Waals surface area contributed by atoms with E-state index in [-0.39, 0.29) is 55.6 Å². The van der Waals surface area contributed by atoms with Crippen LogP contribution in [0.1, 0.15) is 118 Å². The number of nitrogens with zero attached hydrogens (tertiary/aromatic N) is 1. The fraction of sp³-hybridized carbons (Fsp3) is 0.692. The lowest BCUT2D eigenvalue weighted by Gasteiger charge is -2.47. The molecule has 14 unspecified atom stereocenters. The van der Waals surface area contributed by atoms with Crippen LogP contribution in [0.4, 0.5) is 0 Å². The number of aliphatic hydroxyl groups is 2. The first-order chi connectivity index (χ1) is 31.0. The number of aliphatic hydroxyl groups excluding tert-OH is 1. The second-order valence-corrected chi connectivity index (χ2v) is 19.3. The topological polar surface area (TPSA) is 167 Å². The van der Waals surface area contributed by atoms with Crippen molar-refractivity contribution in [1.82, 2.24) is 4.90 Å². The lowest BCUT2D eigenvalue weighted by Crippen LogP contribution is -2.64. The summed E-state index contributed by atoms with van der Waals surface area (Å²) in [5, 5.41) is 23.9. The molecule has 13 nitrogen and oxygen atoms in total. The van der Waals surface area contributed by atoms with Crippen LogP contribution < -0.4 is 0 Å². The molecule has 2 bridgehead atoms. The van der Waals surface area contributed by atoms with Crippen molar-refractivity contribution in [3.63, 3.8) is 0 Å². The quantitative estimate of drug-likeness (QED) is 0.138. The maximum Gasteiger partial charge on any atom is 0.329 e. The van der Waals surface area contributed by atoms with E-state index in [1.165, 1.54) is 12.0 Å². The molecular formula is C52H77NO12. The Balaban J connectivity index is 1.45. The van der Waals surface area contributed by atoms with Gasteiger partial charge < -0.3 is 43.5 Å². The smallest absolute Gasteiger partial charge is 0.329 e. The number of amides is 1. The van der Waals surface area contributed by atoms with E-state index in [1.54, 1.807) is 28.1 Å². The number of carbonyl (C=O) groups is 4. The molecule has 13 heteroatoms. The van der Waals surface area contributed by atoms with Gasteiger partial charge in [-0.3, -0.25) is 14.4 Å². The second kappa shape index (κ2) is 24.5. The van der Waals surface area contributed by atoms with Crippen LogP contribution in [-0.2, 0) is 47.6 Å². The van der Waals surface area contributed by atoms with Crippen molar-refractivity contribution in [2.24, 2.45) is 29.6 Å². The molecule has 0 aromatic heterocycles. The third-order valence-corrected chi connectivity index (χ3v) is 14.4. The minimum atomic E-state index is -2.50. The maximum absolute atomic E-state index is 14.5. The molecule has 1 aliphatic carbocycles. The number of hydrogen-bond donors (Lipinski definition) is 2. The molecule has 1 aromatic rings. The minimum Gasteiger partial charge on any atom is -0.456 e. The number of benzene rings is 1. The number of hydrogen-bond acceptors (Lipinski definition) is 12. The first-order valence-electron chi connectivity index (χ1n) is 24.0. The number of methoxy groups -OCH3 is 3. The number of fused-ring (bicyclic) bond motifs is 3. The van der Waals surface area contributed by atoms with E-state index in [2.05, 4.69) is 13.0 Å². The highest BCUT2D eigenvalue weighted by atomic mass is 16.7. The number of Topliss-reactive ketones (excluding diaryl/α,β-unsaturated/α-hetero) is 2. The van der Waals surface area contributed by atoms with Gasteiger partial charge in [0.2, 0.25) is 5.79 Å². The third kappa shape index (κ3) is 13.3. The summed E-state index contributed by atoms with van der Waals surface area (Å²) in [7, 11) is 4.76. The molecule has 362 valence electrons. The number of ether oxygens (including phenoxy) is 6. The molecule has 1 aromatic carbocycles. The Hall–Kier alpha value is -3.56. The van der Waals surface area contributed by atoms with Crippen molar-refractivity contribution < 1.29 is 57.8 Å². The SMILES string of the molecule is CCC1/C=C(\C)CC(C)CC(OC)C2OC(O)(C(=O)C(=O)N3CCCCC3C(=O)OC(C(C)=CC3CCC(OCC=Cc4ccccc4)C(OC)C3)C(C)C(O)CC1=O)C(C)CC2OC. The number of rotatable bonds is 10. The van der Waals surface area contributed by atoms with Gasteiger partial charge in [0.15, 0.2) is 0 Å². The summed E-state index contributed by atoms with van der Waals surface area (Å²) < 4.78 is 36.7. The summed E-state index contributed by atoms with van der Waals surface area (Å²) in [4.78, 5) is 58.4. The summed E-state index contributed by atoms with van der Waals surface area (Å²) in [6, 6.07) is 8.91. The summed E-state index contributed by atoms with van der Waals surface area (Å²) >= 11 is 0. The van der Waals surface area contributed by atoms with Crippen LogP contribution in [0, 0.1) is 29.6 Å². The highest BCUT2D eigenvalue weighted by Gasteiger charge is 2.56. The molecule has 1 amide bonds. The molecule has 3 heterocycles. The van der Waals surface area contributed by atoms with Crippen LogP contribution in [-0.4, -0.2) is 128 Å². The molecule has 2 saturated heterocycles. The monoisotopic (exact) mass is 908 g/mol. The third-order valence-electron chi connectivity index (χ3n) is 14.4. The molecule has 4 aliphatic rings. The molecular weight excluding hydrogens is 831 g/mol. The van der Waals surface area contributed by atoms with Crippen LogP contribution in [0.15, 0.2) is 59.7 Å². The van der Waals surface area contributed by atoms with Crippen LogP contribution in [0.2, 0.25) is 0 Å². The van der Waals surface area contributed by atoms with Crippen LogP contribution >= 0.6 is 0 Å². The number of cyclic esters (lactones) is 1. The van der Waals surface area contributed by atoms with Crippen LogP contribution in [0.5, 0.6) is 0 Å². The van der Waals surface area contributed by atoms with Gasteiger partial charge in [-0.05, 0) is 101 Å². The predicted octanol–water partition coefficient (Wildman–Crippen LogP) is 7.21. The van der Waals surface area contributed by atoms with E-state index < -0.39 is 77.8 Å². The van der Waals surface area contributed by atoms with Gasteiger partial charge in [0, 0.05) is 52.0 Å². The normalized spacial score (nSPS) is 37.5. The number of ketones is 2. The molecule has 5 rings (SSSR count). The molecule has 65 heavy (non-hydrogen) atoms. The van der Waals surface area contributed by atoms with E-state index in [9.17, 15) is 29.4 Å². The fourth-order valence-electron chi connectivity index (χ4n) is 10.5. The molecule has 0 spiro atoms. The maximum atomic E-state index is 14.5. The highest BCUT2D eigenvalue weighted by Crippen LogP contribution is 2.39. The lowest BCUT2D eigenvalue weighted by molar-refractivity contribution is -0.302. The van der Waals surface area contributed by atoms with E-state index in [0.717, 1.165) is 24.0 Å². The van der Waals surface area contributed by atoms with Gasteiger partial charge in [-0.1, -0.05) is 87.9 Å². The number of esters is 1.